The molecule has 0 radical (unpaired) electrons. The maximum atomic E-state index is 12.6. The lowest BCUT2D eigenvalue weighted by atomic mass is 10.0. The van der Waals surface area contributed by atoms with Gasteiger partial charge in [0.25, 0.3) is 5.91 Å². The Morgan fingerprint density at radius 2 is 1.96 bits per heavy atom. The van der Waals surface area contributed by atoms with Gasteiger partial charge in [0, 0.05) is 13.6 Å². The number of amides is 1. The van der Waals surface area contributed by atoms with E-state index in [0.717, 1.165) is 23.2 Å². The van der Waals surface area contributed by atoms with Crippen LogP contribution in [0.5, 0.6) is 5.75 Å². The van der Waals surface area contributed by atoms with Gasteiger partial charge < -0.3 is 14.5 Å². The number of likely N-dealkylation sites (tertiary alicyclic amines) is 1. The molecule has 0 aliphatic carbocycles. The highest BCUT2D eigenvalue weighted by Crippen LogP contribution is 2.22. The molecule has 1 aliphatic rings. The van der Waals surface area contributed by atoms with Gasteiger partial charge >= 0.3 is 0 Å². The zero-order valence-electron chi connectivity index (χ0n) is 15.5. The molecular formula is C21H29N2O2+. The number of carbonyl (C=O) groups excluding carboxylic acids is 1. The fourth-order valence-corrected chi connectivity index (χ4v) is 3.71. The van der Waals surface area contributed by atoms with Gasteiger partial charge in [-0.1, -0.05) is 18.2 Å². The molecule has 2 aromatic carbocycles. The van der Waals surface area contributed by atoms with Gasteiger partial charge in [-0.3, -0.25) is 4.79 Å². The van der Waals surface area contributed by atoms with Gasteiger partial charge in [0.1, 0.15) is 5.75 Å². The van der Waals surface area contributed by atoms with Crippen LogP contribution in [0.15, 0.2) is 36.4 Å². The molecule has 1 N–H and O–H groups in total. The van der Waals surface area contributed by atoms with Crippen LogP contribution in [0.25, 0.3) is 10.8 Å². The molecule has 0 bridgehead atoms. The van der Waals surface area contributed by atoms with Gasteiger partial charge in [-0.15, -0.1) is 0 Å². The van der Waals surface area contributed by atoms with Crippen molar-refractivity contribution in [3.05, 3.63) is 42.0 Å². The quantitative estimate of drug-likeness (QED) is 0.905. The van der Waals surface area contributed by atoms with Crippen LogP contribution in [0, 0.1) is 0 Å². The summed E-state index contributed by atoms with van der Waals surface area (Å²) in [6.07, 6.45) is 3.78. The van der Waals surface area contributed by atoms with Crippen molar-refractivity contribution in [3.8, 4) is 5.75 Å². The number of fused-ring (bicyclic) bond motifs is 1. The van der Waals surface area contributed by atoms with Crippen LogP contribution in [0.4, 0.5) is 0 Å². The van der Waals surface area contributed by atoms with Gasteiger partial charge in [-0.2, -0.15) is 0 Å². The molecule has 0 saturated carbocycles. The maximum Gasteiger partial charge on any atom is 0.277 e. The minimum absolute atomic E-state index is 0.235. The van der Waals surface area contributed by atoms with Gasteiger partial charge in [0.15, 0.2) is 6.54 Å². The van der Waals surface area contributed by atoms with Crippen LogP contribution < -0.4 is 9.64 Å². The number of piperidine rings is 1. The normalized spacial score (nSPS) is 20.4. The van der Waals surface area contributed by atoms with Crippen molar-refractivity contribution in [1.29, 1.82) is 0 Å². The number of rotatable bonds is 5. The Balaban J connectivity index is 1.64. The summed E-state index contributed by atoms with van der Waals surface area (Å²) in [5, 5.41) is 2.33. The molecule has 3 rings (SSSR count). The molecule has 134 valence electrons. The van der Waals surface area contributed by atoms with Crippen molar-refractivity contribution in [1.82, 2.24) is 4.90 Å². The monoisotopic (exact) mass is 341 g/mol. The molecule has 1 amide bonds. The van der Waals surface area contributed by atoms with E-state index in [1.165, 1.54) is 29.5 Å². The van der Waals surface area contributed by atoms with Crippen LogP contribution in [-0.2, 0) is 11.3 Å². The fraction of sp³-hybridized carbons (Fsp3) is 0.476. The number of nitrogens with one attached hydrogen (secondary N) is 1. The Hall–Kier alpha value is -2.07. The van der Waals surface area contributed by atoms with E-state index in [9.17, 15) is 4.79 Å². The largest absolute Gasteiger partial charge is 0.497 e. The SMILES string of the molecule is COc1ccc2cc(CN(C)C(=O)C[NH+]3CCCC[C@@H]3C)ccc2c1. The molecule has 1 fully saturated rings. The van der Waals surface area contributed by atoms with E-state index in [4.69, 9.17) is 4.74 Å². The lowest BCUT2D eigenvalue weighted by Gasteiger charge is -2.31. The summed E-state index contributed by atoms with van der Waals surface area (Å²) in [5.41, 5.74) is 1.16. The molecule has 2 aromatic rings. The molecule has 25 heavy (non-hydrogen) atoms. The first-order valence-electron chi connectivity index (χ1n) is 9.22. The Bertz CT molecular complexity index is 744. The van der Waals surface area contributed by atoms with E-state index in [1.807, 2.05) is 24.1 Å². The zero-order valence-corrected chi connectivity index (χ0v) is 15.5. The Morgan fingerprint density at radius 1 is 1.20 bits per heavy atom. The maximum absolute atomic E-state index is 12.6. The Labute approximate surface area is 150 Å². The third-order valence-electron chi connectivity index (χ3n) is 5.42. The Morgan fingerprint density at radius 3 is 2.72 bits per heavy atom. The second-order valence-electron chi connectivity index (χ2n) is 7.28. The van der Waals surface area contributed by atoms with E-state index in [0.29, 0.717) is 19.1 Å². The molecular weight excluding hydrogens is 312 g/mol. The van der Waals surface area contributed by atoms with Gasteiger partial charge in [0.2, 0.25) is 0 Å². The average Bonchev–Trinajstić information content (AvgIpc) is 2.63. The zero-order chi connectivity index (χ0) is 17.8. The average molecular weight is 341 g/mol. The number of hydrogen-bond donors (Lipinski definition) is 1. The van der Waals surface area contributed by atoms with Crippen molar-refractivity contribution < 1.29 is 14.4 Å². The van der Waals surface area contributed by atoms with E-state index < -0.39 is 0 Å². The first-order valence-corrected chi connectivity index (χ1v) is 9.22. The van der Waals surface area contributed by atoms with Crippen LogP contribution in [0.2, 0.25) is 0 Å². The molecule has 1 heterocycles. The second kappa shape index (κ2) is 7.87. The van der Waals surface area contributed by atoms with Crippen LogP contribution >= 0.6 is 0 Å². The molecule has 1 unspecified atom stereocenters. The smallest absolute Gasteiger partial charge is 0.277 e. The van der Waals surface area contributed by atoms with E-state index >= 15 is 0 Å². The van der Waals surface area contributed by atoms with Gasteiger partial charge in [-0.05, 0) is 60.7 Å². The molecule has 2 atom stereocenters. The summed E-state index contributed by atoms with van der Waals surface area (Å²) >= 11 is 0. The number of hydrogen-bond acceptors (Lipinski definition) is 2. The number of methoxy groups -OCH3 is 1. The highest BCUT2D eigenvalue weighted by molar-refractivity contribution is 5.84. The predicted octanol–water partition coefficient (Wildman–Crippen LogP) is 2.26. The fourth-order valence-electron chi connectivity index (χ4n) is 3.71. The lowest BCUT2D eigenvalue weighted by molar-refractivity contribution is -0.921. The number of carbonyl (C=O) groups is 1. The highest BCUT2D eigenvalue weighted by Gasteiger charge is 2.25. The molecule has 0 aromatic heterocycles. The number of likely N-dealkylation sites (N-methyl/N-ethyl adjacent to an activating group) is 1. The van der Waals surface area contributed by atoms with E-state index in [2.05, 4.69) is 31.2 Å². The number of quaternary nitrogens is 1. The molecule has 0 spiro atoms. The molecule has 4 nitrogen and oxygen atoms in total. The molecule has 1 saturated heterocycles. The van der Waals surface area contributed by atoms with Crippen molar-refractivity contribution in [3.63, 3.8) is 0 Å². The van der Waals surface area contributed by atoms with Crippen molar-refractivity contribution >= 4 is 16.7 Å². The first kappa shape index (κ1) is 17.7. The Kier molecular flexibility index (Phi) is 5.59. The minimum Gasteiger partial charge on any atom is -0.497 e. The topological polar surface area (TPSA) is 34.0 Å². The van der Waals surface area contributed by atoms with Crippen LogP contribution in [-0.4, -0.2) is 44.1 Å². The first-order chi connectivity index (χ1) is 12.1. The van der Waals surface area contributed by atoms with Crippen LogP contribution in [0.1, 0.15) is 31.7 Å². The summed E-state index contributed by atoms with van der Waals surface area (Å²) in [6.45, 7) is 4.66. The van der Waals surface area contributed by atoms with Crippen molar-refractivity contribution in [2.45, 2.75) is 38.8 Å². The standard InChI is InChI=1S/C21H28N2O2/c1-16-6-4-5-11-23(16)15-21(24)22(2)14-17-7-8-19-13-20(25-3)10-9-18(19)12-17/h7-10,12-13,16H,4-6,11,14-15H2,1-3H3/p+1/t16-/m0/s1. The minimum atomic E-state index is 0.235. The lowest BCUT2D eigenvalue weighted by Crippen LogP contribution is -3.17. The van der Waals surface area contributed by atoms with E-state index in [1.54, 1.807) is 7.11 Å². The third-order valence-corrected chi connectivity index (χ3v) is 5.42. The van der Waals surface area contributed by atoms with Gasteiger partial charge in [-0.25, -0.2) is 0 Å². The summed E-state index contributed by atoms with van der Waals surface area (Å²) < 4.78 is 5.27. The van der Waals surface area contributed by atoms with Gasteiger partial charge in [0.05, 0.1) is 19.7 Å². The summed E-state index contributed by atoms with van der Waals surface area (Å²) in [5.74, 6) is 1.10. The molecule has 1 aliphatic heterocycles. The van der Waals surface area contributed by atoms with Crippen LogP contribution in [0.3, 0.4) is 0 Å². The van der Waals surface area contributed by atoms with Crippen molar-refractivity contribution in [2.75, 3.05) is 27.2 Å². The predicted molar refractivity (Wildman–Crippen MR) is 101 cm³/mol. The number of benzene rings is 2. The van der Waals surface area contributed by atoms with Crippen molar-refractivity contribution in [2.24, 2.45) is 0 Å². The summed E-state index contributed by atoms with van der Waals surface area (Å²) in [4.78, 5) is 15.9. The highest BCUT2D eigenvalue weighted by atomic mass is 16.5. The summed E-state index contributed by atoms with van der Waals surface area (Å²) in [7, 11) is 3.59. The molecule has 4 heteroatoms. The second-order valence-corrected chi connectivity index (χ2v) is 7.28. The number of ether oxygens (including phenoxy) is 1. The summed E-state index contributed by atoms with van der Waals surface area (Å²) in [6, 6.07) is 13.0. The van der Waals surface area contributed by atoms with E-state index in [-0.39, 0.29) is 5.91 Å². The number of nitrogens with zero attached hydrogens (tertiary/aromatic N) is 1. The third kappa shape index (κ3) is 4.31.